The summed E-state index contributed by atoms with van der Waals surface area (Å²) in [5.74, 6) is 0. The molecule has 3 nitrogen and oxygen atoms in total. The molecule has 3 heterocycles. The van der Waals surface area contributed by atoms with E-state index in [9.17, 15) is 0 Å². The molecule has 10 aromatic rings. The van der Waals surface area contributed by atoms with Crippen LogP contribution in [-0.4, -0.2) is 4.98 Å². The molecular formula is C49H30N2O. The summed E-state index contributed by atoms with van der Waals surface area (Å²) >= 11 is 0. The van der Waals surface area contributed by atoms with E-state index in [1.165, 1.54) is 27.6 Å². The largest absolute Gasteiger partial charge is 0.455 e. The molecule has 0 fully saturated rings. The minimum atomic E-state index is 0.907. The predicted molar refractivity (Wildman–Crippen MR) is 217 cm³/mol. The molecule has 0 N–H and O–H groups in total. The Bertz CT molecular complexity index is 3000. The van der Waals surface area contributed by atoms with Crippen LogP contribution in [0.4, 0.5) is 17.1 Å². The lowest BCUT2D eigenvalue weighted by Gasteiger charge is -2.34. The normalized spacial score (nSPS) is 12.2. The molecule has 0 amide bonds. The average molecular weight is 663 g/mol. The molecule has 0 saturated carbocycles. The summed E-state index contributed by atoms with van der Waals surface area (Å²) < 4.78 is 6.42. The van der Waals surface area contributed by atoms with Gasteiger partial charge in [-0.25, -0.2) is 4.98 Å². The smallest absolute Gasteiger partial charge is 0.143 e. The summed E-state index contributed by atoms with van der Waals surface area (Å²) in [7, 11) is 0. The molecule has 1 aliphatic heterocycles. The summed E-state index contributed by atoms with van der Waals surface area (Å²) in [6.07, 6.45) is 0. The molecule has 0 bridgehead atoms. The van der Waals surface area contributed by atoms with Gasteiger partial charge in [-0.05, 0) is 70.3 Å². The summed E-state index contributed by atoms with van der Waals surface area (Å²) in [6, 6.07) is 64.9. The van der Waals surface area contributed by atoms with Crippen molar-refractivity contribution < 1.29 is 4.42 Å². The van der Waals surface area contributed by atoms with Crippen molar-refractivity contribution in [2.24, 2.45) is 0 Å². The van der Waals surface area contributed by atoms with Crippen molar-refractivity contribution in [3.8, 4) is 44.6 Å². The van der Waals surface area contributed by atoms with E-state index in [0.717, 1.165) is 77.7 Å². The van der Waals surface area contributed by atoms with E-state index < -0.39 is 0 Å². The predicted octanol–water partition coefficient (Wildman–Crippen LogP) is 13.7. The van der Waals surface area contributed by atoms with Crippen LogP contribution >= 0.6 is 0 Å². The standard InChI is InChI=1S/C49H30N2O/c1-3-12-31(13-4-1)34-24-28-43-41(30-34)48-47-44(29-27-36(32-14-5-2-6-15-32)46(47)40-17-7-9-20-42(40)50-48)51(43)35-25-22-33(23-26-35)37-18-11-19-39-38-16-8-10-21-45(38)52-49(37)39/h1-30H. The van der Waals surface area contributed by atoms with Crippen molar-refractivity contribution in [3.63, 3.8) is 0 Å². The van der Waals surface area contributed by atoms with E-state index in [4.69, 9.17) is 9.40 Å². The number of fused-ring (bicyclic) bond motifs is 7. The van der Waals surface area contributed by atoms with E-state index in [1.54, 1.807) is 0 Å². The van der Waals surface area contributed by atoms with Crippen LogP contribution in [0.15, 0.2) is 186 Å². The van der Waals surface area contributed by atoms with Crippen LogP contribution in [-0.2, 0) is 0 Å². The molecule has 0 unspecified atom stereocenters. The number of nitrogens with zero attached hydrogens (tertiary/aromatic N) is 2. The van der Waals surface area contributed by atoms with Gasteiger partial charge in [0.05, 0.1) is 22.6 Å². The molecule has 0 radical (unpaired) electrons. The first-order chi connectivity index (χ1) is 25.8. The van der Waals surface area contributed by atoms with Crippen LogP contribution in [0.2, 0.25) is 0 Å². The number of anilines is 3. The van der Waals surface area contributed by atoms with Gasteiger partial charge in [-0.15, -0.1) is 0 Å². The minimum Gasteiger partial charge on any atom is -0.455 e. The highest BCUT2D eigenvalue weighted by atomic mass is 16.3. The molecule has 0 spiro atoms. The molecular weight excluding hydrogens is 633 g/mol. The molecule has 0 saturated heterocycles. The van der Waals surface area contributed by atoms with E-state index in [-0.39, 0.29) is 0 Å². The van der Waals surface area contributed by atoms with Crippen LogP contribution in [0.3, 0.4) is 0 Å². The lowest BCUT2D eigenvalue weighted by atomic mass is 9.87. The molecule has 0 aliphatic carbocycles. The van der Waals surface area contributed by atoms with Gasteiger partial charge in [-0.3, -0.25) is 0 Å². The van der Waals surface area contributed by atoms with Crippen LogP contribution in [0.1, 0.15) is 0 Å². The number of benzene rings is 8. The van der Waals surface area contributed by atoms with Gasteiger partial charge in [-0.2, -0.15) is 0 Å². The van der Waals surface area contributed by atoms with E-state index >= 15 is 0 Å². The van der Waals surface area contributed by atoms with Crippen molar-refractivity contribution >= 4 is 60.7 Å². The first-order valence-corrected chi connectivity index (χ1v) is 17.7. The second kappa shape index (κ2) is 11.3. The Morgan fingerprint density at radius 3 is 1.88 bits per heavy atom. The lowest BCUT2D eigenvalue weighted by molar-refractivity contribution is 0.670. The number of hydrogen-bond acceptors (Lipinski definition) is 3. The summed E-state index contributed by atoms with van der Waals surface area (Å²) in [5, 5.41) is 5.80. The quantitative estimate of drug-likeness (QED) is 0.176. The van der Waals surface area contributed by atoms with Crippen LogP contribution in [0.5, 0.6) is 0 Å². The van der Waals surface area contributed by atoms with Crippen LogP contribution < -0.4 is 4.90 Å². The Morgan fingerprint density at radius 1 is 0.404 bits per heavy atom. The van der Waals surface area contributed by atoms with Crippen LogP contribution in [0, 0.1) is 0 Å². The number of furan rings is 1. The highest BCUT2D eigenvalue weighted by Crippen LogP contribution is 2.54. The molecule has 0 atom stereocenters. The molecule has 8 aromatic carbocycles. The van der Waals surface area contributed by atoms with E-state index in [2.05, 4.69) is 175 Å². The van der Waals surface area contributed by atoms with Crippen molar-refractivity contribution in [2.45, 2.75) is 0 Å². The maximum Gasteiger partial charge on any atom is 0.143 e. The van der Waals surface area contributed by atoms with Crippen molar-refractivity contribution in [1.82, 2.24) is 4.98 Å². The van der Waals surface area contributed by atoms with Crippen LogP contribution in [0.25, 0.3) is 88.3 Å². The number of hydrogen-bond donors (Lipinski definition) is 0. The van der Waals surface area contributed by atoms with Gasteiger partial charge in [0.2, 0.25) is 0 Å². The molecule has 2 aromatic heterocycles. The Hall–Kier alpha value is -6.97. The van der Waals surface area contributed by atoms with Gasteiger partial charge >= 0.3 is 0 Å². The third-order valence-electron chi connectivity index (χ3n) is 10.6. The number of para-hydroxylation sites is 3. The third kappa shape index (κ3) is 4.30. The highest BCUT2D eigenvalue weighted by Gasteiger charge is 2.30. The van der Waals surface area contributed by atoms with E-state index in [0.29, 0.717) is 0 Å². The van der Waals surface area contributed by atoms with Gasteiger partial charge in [0, 0.05) is 43.7 Å². The van der Waals surface area contributed by atoms with Gasteiger partial charge in [-0.1, -0.05) is 140 Å². The first-order valence-electron chi connectivity index (χ1n) is 17.7. The summed E-state index contributed by atoms with van der Waals surface area (Å²) in [4.78, 5) is 7.85. The second-order valence-corrected chi connectivity index (χ2v) is 13.5. The summed E-state index contributed by atoms with van der Waals surface area (Å²) in [6.45, 7) is 0. The van der Waals surface area contributed by atoms with E-state index in [1.807, 2.05) is 12.1 Å². The Morgan fingerprint density at radius 2 is 1.06 bits per heavy atom. The zero-order chi connectivity index (χ0) is 34.2. The number of rotatable bonds is 4. The van der Waals surface area contributed by atoms with Gasteiger partial charge in [0.15, 0.2) is 0 Å². The van der Waals surface area contributed by atoms with Gasteiger partial charge in [0.1, 0.15) is 11.2 Å². The highest BCUT2D eigenvalue weighted by molar-refractivity contribution is 6.24. The Kier molecular flexibility index (Phi) is 6.25. The second-order valence-electron chi connectivity index (χ2n) is 13.5. The fourth-order valence-electron chi connectivity index (χ4n) is 8.21. The third-order valence-corrected chi connectivity index (χ3v) is 10.6. The monoisotopic (exact) mass is 662 g/mol. The molecule has 3 heteroatoms. The van der Waals surface area contributed by atoms with Crippen molar-refractivity contribution in [1.29, 1.82) is 0 Å². The fourth-order valence-corrected chi connectivity index (χ4v) is 8.21. The summed E-state index contributed by atoms with van der Waals surface area (Å²) in [5.41, 5.74) is 15.2. The molecule has 11 rings (SSSR count). The molecule has 242 valence electrons. The maximum absolute atomic E-state index is 6.42. The topological polar surface area (TPSA) is 29.3 Å². The SMILES string of the molecule is c1ccc(-c2ccc3c(c2)-c2nc4ccccc4c4c(-c5ccccc5)ccc(c24)N3c2ccc(-c3cccc4c3oc3ccccc34)cc2)cc1. The maximum atomic E-state index is 6.42. The first kappa shape index (κ1) is 28.8. The van der Waals surface area contributed by atoms with Gasteiger partial charge < -0.3 is 9.32 Å². The zero-order valence-corrected chi connectivity index (χ0v) is 28.1. The van der Waals surface area contributed by atoms with Gasteiger partial charge in [0.25, 0.3) is 0 Å². The minimum absolute atomic E-state index is 0.907. The number of aromatic nitrogens is 1. The molecule has 1 aliphatic rings. The fraction of sp³-hybridized carbons (Fsp3) is 0. The Labute approximate surface area is 300 Å². The molecule has 52 heavy (non-hydrogen) atoms. The average Bonchev–Trinajstić information content (AvgIpc) is 3.61. The zero-order valence-electron chi connectivity index (χ0n) is 28.1. The lowest BCUT2D eigenvalue weighted by Crippen LogP contribution is -2.16. The van der Waals surface area contributed by atoms with Crippen molar-refractivity contribution in [2.75, 3.05) is 4.90 Å². The number of pyridine rings is 1. The van der Waals surface area contributed by atoms with Crippen molar-refractivity contribution in [3.05, 3.63) is 182 Å². The Balaban J connectivity index is 1.16.